The van der Waals surface area contributed by atoms with E-state index in [1.807, 2.05) is 12.1 Å². The maximum absolute atomic E-state index is 4.98. The summed E-state index contributed by atoms with van der Waals surface area (Å²) in [6, 6.07) is 12.4. The predicted molar refractivity (Wildman–Crippen MR) is 125 cm³/mol. The van der Waals surface area contributed by atoms with Crippen LogP contribution in [-0.4, -0.2) is 63.4 Å². The molecule has 1 saturated heterocycles. The lowest BCUT2D eigenvalue weighted by Gasteiger charge is -2.36. The van der Waals surface area contributed by atoms with E-state index >= 15 is 0 Å². The van der Waals surface area contributed by atoms with Crippen molar-refractivity contribution in [1.82, 2.24) is 30.1 Å². The summed E-state index contributed by atoms with van der Waals surface area (Å²) in [4.78, 5) is 9.73. The summed E-state index contributed by atoms with van der Waals surface area (Å²) in [6.45, 7) is 13.3. The van der Waals surface area contributed by atoms with Crippen molar-refractivity contribution >= 4 is 5.96 Å². The van der Waals surface area contributed by atoms with Crippen LogP contribution in [-0.2, 0) is 19.6 Å². The zero-order valence-corrected chi connectivity index (χ0v) is 19.3. The number of aliphatic imine (C=N–C) groups is 1. The number of nitrogens with zero attached hydrogens (tertiary/aromatic N) is 6. The smallest absolute Gasteiger partial charge is 0.194 e. The van der Waals surface area contributed by atoms with E-state index in [1.54, 1.807) is 6.26 Å². The summed E-state index contributed by atoms with van der Waals surface area (Å²) in [5, 5.41) is 12.3. The van der Waals surface area contributed by atoms with Gasteiger partial charge in [-0.15, -0.1) is 0 Å². The molecule has 4 rings (SSSR count). The molecule has 2 aromatic heterocycles. The van der Waals surface area contributed by atoms with Crippen LogP contribution in [0.15, 0.2) is 52.2 Å². The van der Waals surface area contributed by atoms with Crippen LogP contribution in [0.3, 0.4) is 0 Å². The summed E-state index contributed by atoms with van der Waals surface area (Å²) in [7, 11) is 0. The van der Waals surface area contributed by atoms with Gasteiger partial charge in [0.25, 0.3) is 0 Å². The number of nitrogens with one attached hydrogen (secondary N) is 1. The number of aryl methyl sites for hydroxylation is 1. The van der Waals surface area contributed by atoms with Gasteiger partial charge in [0.05, 0.1) is 24.5 Å². The van der Waals surface area contributed by atoms with Crippen molar-refractivity contribution in [2.75, 3.05) is 32.7 Å². The maximum Gasteiger partial charge on any atom is 0.194 e. The average Bonchev–Trinajstić information content (AvgIpc) is 3.41. The molecule has 0 bridgehead atoms. The van der Waals surface area contributed by atoms with E-state index in [1.165, 1.54) is 16.8 Å². The Balaban J connectivity index is 1.40. The molecule has 0 amide bonds. The number of piperazine rings is 1. The predicted octanol–water partition coefficient (Wildman–Crippen LogP) is 2.82. The van der Waals surface area contributed by atoms with Crippen molar-refractivity contribution in [2.24, 2.45) is 4.99 Å². The van der Waals surface area contributed by atoms with E-state index in [9.17, 15) is 0 Å². The molecule has 3 heterocycles. The second-order valence-electron chi connectivity index (χ2n) is 8.22. The van der Waals surface area contributed by atoms with Gasteiger partial charge in [-0.05, 0) is 26.3 Å². The van der Waals surface area contributed by atoms with Crippen LogP contribution in [0.5, 0.6) is 0 Å². The number of hydrogen-bond acceptors (Lipinski definition) is 5. The molecule has 170 valence electrons. The minimum absolute atomic E-state index is 0.633. The molecule has 0 unspecified atom stereocenters. The molecule has 3 aromatic rings. The highest BCUT2D eigenvalue weighted by Gasteiger charge is 2.21. The molecule has 8 nitrogen and oxygen atoms in total. The fourth-order valence-electron chi connectivity index (χ4n) is 4.12. The van der Waals surface area contributed by atoms with Crippen LogP contribution >= 0.6 is 0 Å². The highest BCUT2D eigenvalue weighted by atomic mass is 16.5. The Kier molecular flexibility index (Phi) is 7.21. The lowest BCUT2D eigenvalue weighted by atomic mass is 10.2. The lowest BCUT2D eigenvalue weighted by molar-refractivity contribution is 0.169. The minimum atomic E-state index is 0.633. The van der Waals surface area contributed by atoms with Crippen molar-refractivity contribution in [2.45, 2.75) is 40.4 Å². The number of guanidine groups is 1. The number of rotatable bonds is 7. The van der Waals surface area contributed by atoms with Crippen LogP contribution in [0.2, 0.25) is 0 Å². The van der Waals surface area contributed by atoms with Gasteiger partial charge in [0.15, 0.2) is 5.96 Å². The summed E-state index contributed by atoms with van der Waals surface area (Å²) < 4.78 is 7.04. The number of benzene rings is 1. The Hall–Kier alpha value is -3.13. The third kappa shape index (κ3) is 5.37. The molecular formula is C24H33N7O. The molecule has 1 aliphatic rings. The molecule has 0 aliphatic carbocycles. The monoisotopic (exact) mass is 435 g/mol. The zero-order chi connectivity index (χ0) is 22.3. The molecule has 0 spiro atoms. The van der Waals surface area contributed by atoms with Gasteiger partial charge < -0.3 is 14.7 Å². The molecule has 32 heavy (non-hydrogen) atoms. The van der Waals surface area contributed by atoms with Crippen LogP contribution in [0, 0.1) is 13.8 Å². The van der Waals surface area contributed by atoms with Gasteiger partial charge in [0.2, 0.25) is 0 Å². The summed E-state index contributed by atoms with van der Waals surface area (Å²) in [6.07, 6.45) is 1.63. The van der Waals surface area contributed by atoms with Crippen molar-refractivity contribution in [3.05, 3.63) is 70.9 Å². The second-order valence-corrected chi connectivity index (χ2v) is 8.22. The van der Waals surface area contributed by atoms with E-state index in [0.717, 1.165) is 63.2 Å². The van der Waals surface area contributed by atoms with E-state index in [2.05, 4.69) is 70.0 Å². The first-order valence-corrected chi connectivity index (χ1v) is 11.4. The van der Waals surface area contributed by atoms with Gasteiger partial charge in [-0.2, -0.15) is 5.10 Å². The van der Waals surface area contributed by atoms with Gasteiger partial charge in [0, 0.05) is 56.6 Å². The fraction of sp³-hybridized carbons (Fsp3) is 0.458. The van der Waals surface area contributed by atoms with Crippen LogP contribution in [0.4, 0.5) is 0 Å². The molecule has 1 fully saturated rings. The second kappa shape index (κ2) is 10.5. The van der Waals surface area contributed by atoms with Gasteiger partial charge in [0.1, 0.15) is 6.26 Å². The zero-order valence-electron chi connectivity index (χ0n) is 19.3. The molecule has 1 aliphatic heterocycles. The van der Waals surface area contributed by atoms with Crippen molar-refractivity contribution < 1.29 is 4.52 Å². The SMILES string of the molecule is CCNC(=NCc1c(C)nn(Cc2ccccc2)c1C)N1CCN(Cc2ccon2)CC1. The maximum atomic E-state index is 4.98. The Morgan fingerprint density at radius 1 is 1.06 bits per heavy atom. The first-order chi connectivity index (χ1) is 15.6. The number of aromatic nitrogens is 3. The molecule has 0 saturated carbocycles. The molecule has 0 atom stereocenters. The largest absolute Gasteiger partial charge is 0.364 e. The van der Waals surface area contributed by atoms with E-state index in [4.69, 9.17) is 14.6 Å². The molecule has 1 N–H and O–H groups in total. The van der Waals surface area contributed by atoms with Crippen molar-refractivity contribution in [1.29, 1.82) is 0 Å². The Bertz CT molecular complexity index is 1000. The van der Waals surface area contributed by atoms with Crippen LogP contribution < -0.4 is 5.32 Å². The molecular weight excluding hydrogens is 402 g/mol. The van der Waals surface area contributed by atoms with Crippen molar-refractivity contribution in [3.63, 3.8) is 0 Å². The Morgan fingerprint density at radius 3 is 2.53 bits per heavy atom. The lowest BCUT2D eigenvalue weighted by Crippen LogP contribution is -2.52. The molecule has 0 radical (unpaired) electrons. The topological polar surface area (TPSA) is 74.7 Å². The number of hydrogen-bond donors (Lipinski definition) is 1. The highest BCUT2D eigenvalue weighted by Crippen LogP contribution is 2.16. The normalized spacial score (nSPS) is 15.3. The third-order valence-corrected chi connectivity index (χ3v) is 5.98. The summed E-state index contributed by atoms with van der Waals surface area (Å²) >= 11 is 0. The van der Waals surface area contributed by atoms with Gasteiger partial charge in [-0.25, -0.2) is 4.99 Å². The Labute approximate surface area is 189 Å². The van der Waals surface area contributed by atoms with Crippen LogP contribution in [0.1, 0.15) is 35.1 Å². The Morgan fingerprint density at radius 2 is 1.84 bits per heavy atom. The van der Waals surface area contributed by atoms with Gasteiger partial charge in [-0.1, -0.05) is 35.5 Å². The van der Waals surface area contributed by atoms with E-state index in [0.29, 0.717) is 6.54 Å². The van der Waals surface area contributed by atoms with E-state index < -0.39 is 0 Å². The van der Waals surface area contributed by atoms with Gasteiger partial charge in [-0.3, -0.25) is 9.58 Å². The third-order valence-electron chi connectivity index (χ3n) is 5.98. The highest BCUT2D eigenvalue weighted by molar-refractivity contribution is 5.80. The first kappa shape index (κ1) is 22.1. The van der Waals surface area contributed by atoms with Crippen molar-refractivity contribution in [3.8, 4) is 0 Å². The van der Waals surface area contributed by atoms with Gasteiger partial charge >= 0.3 is 0 Å². The first-order valence-electron chi connectivity index (χ1n) is 11.4. The standard InChI is InChI=1S/C24H33N7O/c1-4-25-24(30-13-11-29(12-14-30)18-22-10-15-32-28-22)26-16-23-19(2)27-31(20(23)3)17-21-8-6-5-7-9-21/h5-10,15H,4,11-14,16-18H2,1-3H3,(H,25,26). The molecule has 8 heteroatoms. The molecule has 1 aromatic carbocycles. The summed E-state index contributed by atoms with van der Waals surface area (Å²) in [5.41, 5.74) is 5.68. The average molecular weight is 436 g/mol. The minimum Gasteiger partial charge on any atom is -0.364 e. The van der Waals surface area contributed by atoms with Crippen LogP contribution in [0.25, 0.3) is 0 Å². The van der Waals surface area contributed by atoms with E-state index in [-0.39, 0.29) is 0 Å². The quantitative estimate of drug-likeness (QED) is 0.454. The fourth-order valence-corrected chi connectivity index (χ4v) is 4.12. The summed E-state index contributed by atoms with van der Waals surface area (Å²) in [5.74, 6) is 0.975.